The molecule has 3 rings (SSSR count). The predicted molar refractivity (Wildman–Crippen MR) is 72.1 cm³/mol. The fourth-order valence-corrected chi connectivity index (χ4v) is 2.55. The van der Waals surface area contributed by atoms with Crippen LogP contribution >= 0.6 is 0 Å². The summed E-state index contributed by atoms with van der Waals surface area (Å²) in [7, 11) is 0. The normalized spacial score (nSPS) is 28.1. The molecule has 0 bridgehead atoms. The maximum Gasteiger partial charge on any atom is 0.330 e. The zero-order valence-corrected chi connectivity index (χ0v) is 11.7. The molecule has 22 heavy (non-hydrogen) atoms. The van der Waals surface area contributed by atoms with E-state index in [4.69, 9.17) is 4.74 Å². The molecule has 2 aromatic rings. The quantitative estimate of drug-likeness (QED) is 0.592. The molecule has 3 N–H and O–H groups in total. The lowest BCUT2D eigenvalue weighted by molar-refractivity contribution is -0.0480. The fraction of sp³-hybridized carbons (Fsp3) is 0.500. The van der Waals surface area contributed by atoms with E-state index in [1.54, 1.807) is 6.92 Å². The number of hydrogen-bond acceptors (Lipinski definition) is 7. The third-order valence-corrected chi connectivity index (χ3v) is 3.68. The Hall–Kier alpha value is -2.30. The van der Waals surface area contributed by atoms with Gasteiger partial charge in [0, 0.05) is 18.0 Å². The maximum absolute atomic E-state index is 12.0. The summed E-state index contributed by atoms with van der Waals surface area (Å²) in [6, 6.07) is -0.761. The zero-order chi connectivity index (χ0) is 15.9. The standard InChI is InChI=1S/C12H15N5O5/c1-6-4-16(12(21)14-10(6)20)11-8(17-3-2-13-15-17)9(19)7(5-18)22-11/h2-4,7-9,11,18-19H,5H2,1H3,(H,14,20,21)/t7-,8-,9-,11-/m1/s1. The summed E-state index contributed by atoms with van der Waals surface area (Å²) in [6.07, 6.45) is 1.40. The molecule has 3 heterocycles. The van der Waals surface area contributed by atoms with Gasteiger partial charge in [-0.05, 0) is 6.92 Å². The van der Waals surface area contributed by atoms with Crippen LogP contribution in [-0.2, 0) is 4.74 Å². The number of ether oxygens (including phenoxy) is 1. The van der Waals surface area contributed by atoms with Gasteiger partial charge in [0.1, 0.15) is 18.2 Å². The van der Waals surface area contributed by atoms with Crippen molar-refractivity contribution >= 4 is 0 Å². The molecule has 0 unspecified atom stereocenters. The van der Waals surface area contributed by atoms with E-state index in [1.807, 2.05) is 0 Å². The first-order chi connectivity index (χ1) is 10.5. The first kappa shape index (κ1) is 14.6. The van der Waals surface area contributed by atoms with Crippen LogP contribution in [0.1, 0.15) is 17.8 Å². The molecular formula is C12H15N5O5. The van der Waals surface area contributed by atoms with Crippen molar-refractivity contribution in [3.05, 3.63) is 45.0 Å². The van der Waals surface area contributed by atoms with Crippen molar-refractivity contribution in [2.75, 3.05) is 6.61 Å². The molecule has 0 saturated carbocycles. The minimum Gasteiger partial charge on any atom is -0.394 e. The minimum atomic E-state index is -1.09. The van der Waals surface area contributed by atoms with E-state index in [2.05, 4.69) is 15.3 Å². The van der Waals surface area contributed by atoms with Crippen LogP contribution in [0.5, 0.6) is 0 Å². The highest BCUT2D eigenvalue weighted by atomic mass is 16.5. The topological polar surface area (TPSA) is 135 Å². The molecule has 0 amide bonds. The van der Waals surface area contributed by atoms with Gasteiger partial charge in [-0.1, -0.05) is 5.21 Å². The van der Waals surface area contributed by atoms with E-state index in [0.29, 0.717) is 5.56 Å². The third-order valence-electron chi connectivity index (χ3n) is 3.68. The van der Waals surface area contributed by atoms with Crippen molar-refractivity contribution in [3.63, 3.8) is 0 Å². The molecule has 0 aromatic carbocycles. The fourth-order valence-electron chi connectivity index (χ4n) is 2.55. The van der Waals surface area contributed by atoms with Crippen molar-refractivity contribution in [2.24, 2.45) is 0 Å². The number of aryl methyl sites for hydroxylation is 1. The summed E-state index contributed by atoms with van der Waals surface area (Å²) in [5.74, 6) is 0. The molecule has 10 nitrogen and oxygen atoms in total. The number of nitrogens with zero attached hydrogens (tertiary/aromatic N) is 4. The summed E-state index contributed by atoms with van der Waals surface area (Å²) in [5.41, 5.74) is -0.838. The summed E-state index contributed by atoms with van der Waals surface area (Å²) >= 11 is 0. The summed E-state index contributed by atoms with van der Waals surface area (Å²) in [4.78, 5) is 25.7. The second-order valence-corrected chi connectivity index (χ2v) is 5.09. The zero-order valence-electron chi connectivity index (χ0n) is 11.7. The van der Waals surface area contributed by atoms with Gasteiger partial charge < -0.3 is 14.9 Å². The summed E-state index contributed by atoms with van der Waals surface area (Å²) in [6.45, 7) is 1.13. The molecule has 0 radical (unpaired) electrons. The molecule has 4 atom stereocenters. The highest BCUT2D eigenvalue weighted by molar-refractivity contribution is 5.03. The maximum atomic E-state index is 12.0. The van der Waals surface area contributed by atoms with Crippen LogP contribution < -0.4 is 11.2 Å². The molecule has 10 heteroatoms. The third kappa shape index (κ3) is 2.26. The van der Waals surface area contributed by atoms with Gasteiger partial charge in [0.2, 0.25) is 0 Å². The van der Waals surface area contributed by atoms with Crippen LogP contribution in [0.3, 0.4) is 0 Å². The molecule has 0 aliphatic carbocycles. The lowest BCUT2D eigenvalue weighted by Gasteiger charge is -2.21. The van der Waals surface area contributed by atoms with E-state index in [1.165, 1.54) is 27.8 Å². The van der Waals surface area contributed by atoms with Crippen LogP contribution in [0.15, 0.2) is 28.2 Å². The van der Waals surface area contributed by atoms with Gasteiger partial charge in [-0.15, -0.1) is 5.10 Å². The summed E-state index contributed by atoms with van der Waals surface area (Å²) < 4.78 is 8.10. The SMILES string of the molecule is Cc1cn([C@@H]2O[C@H](CO)[C@@H](O)[C@H]2n2ccnn2)c(=O)[nH]c1=O. The monoisotopic (exact) mass is 309 g/mol. The van der Waals surface area contributed by atoms with Gasteiger partial charge in [-0.2, -0.15) is 0 Å². The van der Waals surface area contributed by atoms with Crippen LogP contribution in [0, 0.1) is 6.92 Å². The smallest absolute Gasteiger partial charge is 0.330 e. The summed E-state index contributed by atoms with van der Waals surface area (Å²) in [5, 5.41) is 27.1. The van der Waals surface area contributed by atoms with E-state index >= 15 is 0 Å². The van der Waals surface area contributed by atoms with Crippen LogP contribution in [0.25, 0.3) is 0 Å². The Morgan fingerprint density at radius 2 is 2.23 bits per heavy atom. The van der Waals surface area contributed by atoms with E-state index < -0.39 is 42.3 Å². The molecule has 2 aromatic heterocycles. The molecule has 1 saturated heterocycles. The van der Waals surface area contributed by atoms with E-state index in [0.717, 1.165) is 0 Å². The van der Waals surface area contributed by atoms with Gasteiger partial charge in [0.05, 0.1) is 12.8 Å². The number of aliphatic hydroxyl groups is 2. The van der Waals surface area contributed by atoms with Crippen molar-refractivity contribution in [2.45, 2.75) is 31.4 Å². The Morgan fingerprint density at radius 1 is 1.45 bits per heavy atom. The lowest BCUT2D eigenvalue weighted by Crippen LogP contribution is -2.37. The largest absolute Gasteiger partial charge is 0.394 e. The second kappa shape index (κ2) is 5.48. The molecule has 1 aliphatic heterocycles. The number of nitrogens with one attached hydrogen (secondary N) is 1. The Kier molecular flexibility index (Phi) is 3.64. The molecule has 118 valence electrons. The highest BCUT2D eigenvalue weighted by Gasteiger charge is 2.46. The van der Waals surface area contributed by atoms with E-state index in [9.17, 15) is 19.8 Å². The van der Waals surface area contributed by atoms with Crippen molar-refractivity contribution < 1.29 is 14.9 Å². The molecular weight excluding hydrogens is 294 g/mol. The van der Waals surface area contributed by atoms with Crippen molar-refractivity contribution in [1.29, 1.82) is 0 Å². The van der Waals surface area contributed by atoms with Crippen LogP contribution in [-0.4, -0.2) is 53.6 Å². The van der Waals surface area contributed by atoms with Gasteiger partial charge in [-0.25, -0.2) is 9.48 Å². The number of aromatic amines is 1. The lowest BCUT2D eigenvalue weighted by atomic mass is 10.1. The molecule has 1 aliphatic rings. The second-order valence-electron chi connectivity index (χ2n) is 5.09. The molecule has 0 spiro atoms. The number of hydrogen-bond donors (Lipinski definition) is 3. The first-order valence-electron chi connectivity index (χ1n) is 6.65. The number of aliphatic hydroxyl groups excluding tert-OH is 2. The predicted octanol–water partition coefficient (Wildman–Crippen LogP) is -2.07. The van der Waals surface area contributed by atoms with Gasteiger partial charge >= 0.3 is 5.69 Å². The number of aromatic nitrogens is 5. The Bertz CT molecular complexity index is 767. The highest BCUT2D eigenvalue weighted by Crippen LogP contribution is 2.36. The van der Waals surface area contributed by atoms with Gasteiger partial charge in [-0.3, -0.25) is 14.3 Å². The van der Waals surface area contributed by atoms with Gasteiger partial charge in [0.25, 0.3) is 5.56 Å². The van der Waals surface area contributed by atoms with Crippen molar-refractivity contribution in [1.82, 2.24) is 24.5 Å². The first-order valence-corrected chi connectivity index (χ1v) is 6.65. The Balaban J connectivity index is 2.09. The van der Waals surface area contributed by atoms with Crippen LogP contribution in [0.2, 0.25) is 0 Å². The Labute approximate surface area is 123 Å². The van der Waals surface area contributed by atoms with Gasteiger partial charge in [0.15, 0.2) is 6.23 Å². The Morgan fingerprint density at radius 3 is 2.86 bits per heavy atom. The van der Waals surface area contributed by atoms with Crippen molar-refractivity contribution in [3.8, 4) is 0 Å². The van der Waals surface area contributed by atoms with Crippen LogP contribution in [0.4, 0.5) is 0 Å². The number of H-pyrrole nitrogens is 1. The van der Waals surface area contributed by atoms with E-state index in [-0.39, 0.29) is 0 Å². The average Bonchev–Trinajstić information content (AvgIpc) is 3.10. The molecule has 1 fully saturated rings. The average molecular weight is 309 g/mol. The number of rotatable bonds is 3. The minimum absolute atomic E-state index is 0.322.